The lowest BCUT2D eigenvalue weighted by molar-refractivity contribution is 0.965. The van der Waals surface area contributed by atoms with Gasteiger partial charge in [-0.3, -0.25) is 0 Å². The average molecular weight is 172 g/mol. The molecule has 0 fully saturated rings. The van der Waals surface area contributed by atoms with E-state index in [9.17, 15) is 0 Å². The van der Waals surface area contributed by atoms with Gasteiger partial charge in [-0.15, -0.1) is 0 Å². The van der Waals surface area contributed by atoms with E-state index < -0.39 is 0 Å². The maximum atomic E-state index is 8.66. The normalized spacial score (nSPS) is 10.2. The number of hydrogen-bond acceptors (Lipinski definition) is 3. The molecule has 4 nitrogen and oxygen atoms in total. The third-order valence-corrected chi connectivity index (χ3v) is 2.04. The Bertz CT molecular complexity index is 504. The summed E-state index contributed by atoms with van der Waals surface area (Å²) in [7, 11) is 1.84. The SMILES string of the molecule is Cn1c(N)nc2cc(C#N)ccc21. The first-order chi connectivity index (χ1) is 6.22. The molecule has 4 heteroatoms. The van der Waals surface area contributed by atoms with Gasteiger partial charge in [0, 0.05) is 7.05 Å². The Kier molecular flexibility index (Phi) is 1.46. The molecule has 0 atom stereocenters. The minimum atomic E-state index is 0.463. The number of nitriles is 1. The minimum absolute atomic E-state index is 0.463. The first kappa shape index (κ1) is 7.62. The third kappa shape index (κ3) is 1.02. The smallest absolute Gasteiger partial charge is 0.200 e. The highest BCUT2D eigenvalue weighted by molar-refractivity contribution is 5.79. The van der Waals surface area contributed by atoms with E-state index >= 15 is 0 Å². The molecule has 64 valence electrons. The highest BCUT2D eigenvalue weighted by Crippen LogP contribution is 2.16. The molecular formula is C9H8N4. The van der Waals surface area contributed by atoms with Crippen LogP contribution >= 0.6 is 0 Å². The Morgan fingerprint density at radius 1 is 1.54 bits per heavy atom. The summed E-state index contributed by atoms with van der Waals surface area (Å²) >= 11 is 0. The Hall–Kier alpha value is -2.02. The molecule has 2 rings (SSSR count). The first-order valence-corrected chi connectivity index (χ1v) is 3.84. The van der Waals surface area contributed by atoms with Crippen LogP contribution in [0.3, 0.4) is 0 Å². The molecular weight excluding hydrogens is 164 g/mol. The van der Waals surface area contributed by atoms with E-state index in [1.54, 1.807) is 16.7 Å². The zero-order chi connectivity index (χ0) is 9.42. The fourth-order valence-corrected chi connectivity index (χ4v) is 1.29. The zero-order valence-electron chi connectivity index (χ0n) is 7.15. The summed E-state index contributed by atoms with van der Waals surface area (Å²) in [6, 6.07) is 7.38. The van der Waals surface area contributed by atoms with E-state index in [1.165, 1.54) is 0 Å². The number of imidazole rings is 1. The van der Waals surface area contributed by atoms with Crippen LogP contribution in [-0.2, 0) is 7.05 Å². The number of hydrogen-bond donors (Lipinski definition) is 1. The molecule has 0 aliphatic rings. The predicted octanol–water partition coefficient (Wildman–Crippen LogP) is 1.03. The number of benzene rings is 1. The van der Waals surface area contributed by atoms with Gasteiger partial charge in [0.25, 0.3) is 0 Å². The maximum absolute atomic E-state index is 8.66. The van der Waals surface area contributed by atoms with Crippen molar-refractivity contribution in [2.45, 2.75) is 0 Å². The van der Waals surface area contributed by atoms with E-state index in [1.807, 2.05) is 13.1 Å². The molecule has 0 spiro atoms. The van der Waals surface area contributed by atoms with E-state index in [2.05, 4.69) is 11.1 Å². The monoisotopic (exact) mass is 172 g/mol. The van der Waals surface area contributed by atoms with Crippen molar-refractivity contribution in [3.8, 4) is 6.07 Å². The van der Waals surface area contributed by atoms with Gasteiger partial charge in [-0.25, -0.2) is 4.98 Å². The molecule has 0 bridgehead atoms. The lowest BCUT2D eigenvalue weighted by Crippen LogP contribution is -1.95. The van der Waals surface area contributed by atoms with Crippen molar-refractivity contribution in [3.63, 3.8) is 0 Å². The predicted molar refractivity (Wildman–Crippen MR) is 49.8 cm³/mol. The molecule has 0 aliphatic carbocycles. The van der Waals surface area contributed by atoms with Gasteiger partial charge in [0.15, 0.2) is 0 Å². The first-order valence-electron chi connectivity index (χ1n) is 3.84. The molecule has 0 unspecified atom stereocenters. The number of aryl methyl sites for hydroxylation is 1. The summed E-state index contributed by atoms with van der Waals surface area (Å²) in [6.45, 7) is 0. The highest BCUT2D eigenvalue weighted by atomic mass is 15.1. The van der Waals surface area contributed by atoms with Crippen molar-refractivity contribution < 1.29 is 0 Å². The molecule has 0 saturated heterocycles. The van der Waals surface area contributed by atoms with Crippen LogP contribution in [0.1, 0.15) is 5.56 Å². The van der Waals surface area contributed by atoms with Gasteiger partial charge >= 0.3 is 0 Å². The molecule has 0 aliphatic heterocycles. The number of nitrogens with two attached hydrogens (primary N) is 1. The van der Waals surface area contributed by atoms with E-state index in [4.69, 9.17) is 11.0 Å². The molecule has 0 saturated carbocycles. The van der Waals surface area contributed by atoms with Crippen molar-refractivity contribution in [1.29, 1.82) is 5.26 Å². The number of nitrogen functional groups attached to an aromatic ring is 1. The number of aromatic nitrogens is 2. The largest absolute Gasteiger partial charge is 0.369 e. The molecule has 1 heterocycles. The van der Waals surface area contributed by atoms with Gasteiger partial charge in [-0.2, -0.15) is 5.26 Å². The summed E-state index contributed by atoms with van der Waals surface area (Å²) in [4.78, 5) is 4.11. The van der Waals surface area contributed by atoms with Gasteiger partial charge in [0.05, 0.1) is 22.7 Å². The maximum Gasteiger partial charge on any atom is 0.200 e. The molecule has 13 heavy (non-hydrogen) atoms. The summed E-state index contributed by atoms with van der Waals surface area (Å²) in [5, 5.41) is 8.66. The molecule has 1 aromatic carbocycles. The van der Waals surface area contributed by atoms with Gasteiger partial charge in [-0.05, 0) is 18.2 Å². The van der Waals surface area contributed by atoms with Crippen molar-refractivity contribution in [1.82, 2.24) is 9.55 Å². The number of fused-ring (bicyclic) bond motifs is 1. The Morgan fingerprint density at radius 2 is 2.31 bits per heavy atom. The second-order valence-electron chi connectivity index (χ2n) is 2.84. The number of rotatable bonds is 0. The topological polar surface area (TPSA) is 67.6 Å². The van der Waals surface area contributed by atoms with Crippen LogP contribution in [-0.4, -0.2) is 9.55 Å². The van der Waals surface area contributed by atoms with Crippen molar-refractivity contribution in [2.75, 3.05) is 5.73 Å². The van der Waals surface area contributed by atoms with Crippen molar-refractivity contribution in [2.24, 2.45) is 7.05 Å². The van der Waals surface area contributed by atoms with Gasteiger partial charge < -0.3 is 10.3 Å². The van der Waals surface area contributed by atoms with Gasteiger partial charge in [-0.1, -0.05) is 0 Å². The summed E-state index contributed by atoms with van der Waals surface area (Å²) in [5.41, 5.74) is 7.92. The molecule has 1 aromatic heterocycles. The van der Waals surface area contributed by atoms with Crippen LogP contribution in [0.4, 0.5) is 5.95 Å². The summed E-state index contributed by atoms with van der Waals surface area (Å²) in [6.07, 6.45) is 0. The van der Waals surface area contributed by atoms with Crippen LogP contribution in [0.15, 0.2) is 18.2 Å². The van der Waals surface area contributed by atoms with Crippen LogP contribution in [0, 0.1) is 11.3 Å². The lowest BCUT2D eigenvalue weighted by atomic mass is 10.2. The van der Waals surface area contributed by atoms with Crippen LogP contribution in [0.2, 0.25) is 0 Å². The molecule has 0 radical (unpaired) electrons. The van der Waals surface area contributed by atoms with Crippen LogP contribution < -0.4 is 5.73 Å². The van der Waals surface area contributed by atoms with E-state index in [-0.39, 0.29) is 0 Å². The molecule has 0 amide bonds. The van der Waals surface area contributed by atoms with E-state index in [0.717, 1.165) is 11.0 Å². The van der Waals surface area contributed by atoms with Gasteiger partial charge in [0.1, 0.15) is 0 Å². The summed E-state index contributed by atoms with van der Waals surface area (Å²) in [5.74, 6) is 0.463. The second kappa shape index (κ2) is 2.49. The van der Waals surface area contributed by atoms with Crippen LogP contribution in [0.5, 0.6) is 0 Å². The number of nitrogens with zero attached hydrogens (tertiary/aromatic N) is 3. The fourth-order valence-electron chi connectivity index (χ4n) is 1.29. The molecule has 2 aromatic rings. The highest BCUT2D eigenvalue weighted by Gasteiger charge is 2.04. The summed E-state index contributed by atoms with van der Waals surface area (Å²) < 4.78 is 1.79. The third-order valence-electron chi connectivity index (χ3n) is 2.04. The fraction of sp³-hybridized carbons (Fsp3) is 0.111. The number of anilines is 1. The quantitative estimate of drug-likeness (QED) is 0.645. The Morgan fingerprint density at radius 3 is 3.00 bits per heavy atom. The van der Waals surface area contributed by atoms with Crippen molar-refractivity contribution >= 4 is 17.0 Å². The zero-order valence-corrected chi connectivity index (χ0v) is 7.15. The van der Waals surface area contributed by atoms with E-state index in [0.29, 0.717) is 11.5 Å². The van der Waals surface area contributed by atoms with Crippen LogP contribution in [0.25, 0.3) is 11.0 Å². The average Bonchev–Trinajstić information content (AvgIpc) is 2.42. The lowest BCUT2D eigenvalue weighted by Gasteiger charge is -1.94. The molecule has 2 N–H and O–H groups in total. The van der Waals surface area contributed by atoms with Crippen molar-refractivity contribution in [3.05, 3.63) is 23.8 Å². The Balaban J connectivity index is 2.82. The second-order valence-corrected chi connectivity index (χ2v) is 2.84. The standard InChI is InChI=1S/C9H8N4/c1-13-8-3-2-6(5-10)4-7(8)12-9(13)11/h2-4H,1H3,(H2,11,12). The van der Waals surface area contributed by atoms with Gasteiger partial charge in [0.2, 0.25) is 5.95 Å². The minimum Gasteiger partial charge on any atom is -0.369 e. The Labute approximate surface area is 75.2 Å².